The highest BCUT2D eigenvalue weighted by Crippen LogP contribution is 2.27. The Bertz CT molecular complexity index is 645. The van der Waals surface area contributed by atoms with Crippen molar-refractivity contribution in [2.75, 3.05) is 13.2 Å². The van der Waals surface area contributed by atoms with Gasteiger partial charge in [0.1, 0.15) is 12.8 Å². The number of aromatic nitrogens is 2. The summed E-state index contributed by atoms with van der Waals surface area (Å²) < 4.78 is 17.5. The topological polar surface area (TPSA) is 99.6 Å². The number of esters is 1. The molecule has 0 amide bonds. The predicted octanol–water partition coefficient (Wildman–Crippen LogP) is -0.0636. The zero-order valence-electron chi connectivity index (χ0n) is 12.0. The van der Waals surface area contributed by atoms with E-state index in [-0.39, 0.29) is 18.7 Å². The summed E-state index contributed by atoms with van der Waals surface area (Å²) in [5.41, 5.74) is -0.948. The van der Waals surface area contributed by atoms with Gasteiger partial charge in [-0.25, -0.2) is 9.59 Å². The number of nitrogens with zero attached hydrogens (tertiary/aromatic N) is 1. The fourth-order valence-electron chi connectivity index (χ4n) is 2.70. The highest BCUT2D eigenvalue weighted by Gasteiger charge is 2.30. The lowest BCUT2D eigenvalue weighted by Gasteiger charge is -2.16. The van der Waals surface area contributed by atoms with Gasteiger partial charge in [0.25, 0.3) is 5.56 Å². The highest BCUT2D eigenvalue weighted by molar-refractivity contribution is 5.74. The second-order valence-corrected chi connectivity index (χ2v) is 5.44. The monoisotopic (exact) mass is 310 g/mol. The van der Waals surface area contributed by atoms with Crippen molar-refractivity contribution in [1.82, 2.24) is 9.55 Å². The first-order valence-electron chi connectivity index (χ1n) is 7.38. The Balaban J connectivity index is 1.52. The summed E-state index contributed by atoms with van der Waals surface area (Å²) in [6, 6.07) is 1.27. The largest absolute Gasteiger partial charge is 0.461 e. The van der Waals surface area contributed by atoms with Crippen molar-refractivity contribution < 1.29 is 19.0 Å². The smallest absolute Gasteiger partial charge is 0.335 e. The minimum absolute atomic E-state index is 0.146. The molecule has 1 aromatic heterocycles. The minimum atomic E-state index is -0.505. The Labute approximate surface area is 126 Å². The average molecular weight is 310 g/mol. The Kier molecular flexibility index (Phi) is 4.39. The van der Waals surface area contributed by atoms with Gasteiger partial charge in [-0.05, 0) is 25.7 Å². The van der Waals surface area contributed by atoms with Crippen molar-refractivity contribution in [2.45, 2.75) is 44.1 Å². The van der Waals surface area contributed by atoms with E-state index in [0.29, 0.717) is 25.9 Å². The van der Waals surface area contributed by atoms with E-state index >= 15 is 0 Å². The molecule has 3 unspecified atom stereocenters. The lowest BCUT2D eigenvalue weighted by atomic mass is 10.2. The third kappa shape index (κ3) is 3.28. The molecule has 8 heteroatoms. The predicted molar refractivity (Wildman–Crippen MR) is 74.4 cm³/mol. The van der Waals surface area contributed by atoms with Gasteiger partial charge in [0.05, 0.1) is 6.10 Å². The van der Waals surface area contributed by atoms with Gasteiger partial charge >= 0.3 is 11.7 Å². The van der Waals surface area contributed by atoms with Gasteiger partial charge in [-0.2, -0.15) is 0 Å². The molecular formula is C14H18N2O6. The second-order valence-electron chi connectivity index (χ2n) is 5.44. The van der Waals surface area contributed by atoms with Crippen LogP contribution in [-0.2, 0) is 19.0 Å². The SMILES string of the molecule is O=C(OCC1CCC(n2ccc(=O)[nH]c2=O)O1)C1CCCO1. The number of ether oxygens (including phenoxy) is 3. The number of nitrogens with one attached hydrogen (secondary N) is 1. The molecule has 0 radical (unpaired) electrons. The number of carbonyl (C=O) groups excluding carboxylic acids is 1. The van der Waals surface area contributed by atoms with Crippen LogP contribution < -0.4 is 11.2 Å². The molecule has 120 valence electrons. The third-order valence-corrected chi connectivity index (χ3v) is 3.85. The number of rotatable bonds is 4. The Hall–Kier alpha value is -1.93. The lowest BCUT2D eigenvalue weighted by Crippen LogP contribution is -2.32. The molecule has 3 heterocycles. The van der Waals surface area contributed by atoms with Crippen molar-refractivity contribution in [1.29, 1.82) is 0 Å². The van der Waals surface area contributed by atoms with Gasteiger partial charge < -0.3 is 14.2 Å². The number of hydrogen-bond donors (Lipinski definition) is 1. The summed E-state index contributed by atoms with van der Waals surface area (Å²) in [5.74, 6) is -0.356. The molecular weight excluding hydrogens is 292 g/mol. The van der Waals surface area contributed by atoms with Crippen LogP contribution in [0.25, 0.3) is 0 Å². The van der Waals surface area contributed by atoms with Crippen LogP contribution >= 0.6 is 0 Å². The van der Waals surface area contributed by atoms with Crippen LogP contribution in [0, 0.1) is 0 Å². The van der Waals surface area contributed by atoms with Crippen LogP contribution in [0.3, 0.4) is 0 Å². The van der Waals surface area contributed by atoms with E-state index in [0.717, 1.165) is 6.42 Å². The van der Waals surface area contributed by atoms with Crippen LogP contribution in [0.5, 0.6) is 0 Å². The first kappa shape index (κ1) is 15.0. The summed E-state index contributed by atoms with van der Waals surface area (Å²) in [6.07, 6.45) is 3.11. The van der Waals surface area contributed by atoms with Gasteiger partial charge in [0.15, 0.2) is 6.10 Å². The molecule has 0 aromatic carbocycles. The number of aromatic amines is 1. The third-order valence-electron chi connectivity index (χ3n) is 3.85. The molecule has 3 rings (SSSR count). The zero-order valence-corrected chi connectivity index (χ0v) is 12.0. The summed E-state index contributed by atoms with van der Waals surface area (Å²) >= 11 is 0. The number of carbonyl (C=O) groups is 1. The number of hydrogen-bond acceptors (Lipinski definition) is 6. The van der Waals surface area contributed by atoms with Crippen molar-refractivity contribution in [3.8, 4) is 0 Å². The fourth-order valence-corrected chi connectivity index (χ4v) is 2.70. The van der Waals surface area contributed by atoms with Gasteiger partial charge in [0.2, 0.25) is 0 Å². The molecule has 2 saturated heterocycles. The molecule has 2 aliphatic heterocycles. The Morgan fingerprint density at radius 2 is 2.23 bits per heavy atom. The van der Waals surface area contributed by atoms with Crippen molar-refractivity contribution >= 4 is 5.97 Å². The second kappa shape index (κ2) is 6.45. The summed E-state index contributed by atoms with van der Waals surface area (Å²) in [7, 11) is 0. The molecule has 1 N–H and O–H groups in total. The van der Waals surface area contributed by atoms with E-state index in [1.54, 1.807) is 0 Å². The van der Waals surface area contributed by atoms with Crippen molar-refractivity contribution in [3.63, 3.8) is 0 Å². The molecule has 0 spiro atoms. The van der Waals surface area contributed by atoms with Crippen LogP contribution in [0.2, 0.25) is 0 Å². The van der Waals surface area contributed by atoms with E-state index in [4.69, 9.17) is 14.2 Å². The average Bonchev–Trinajstić information content (AvgIpc) is 3.16. The van der Waals surface area contributed by atoms with E-state index in [2.05, 4.69) is 4.98 Å². The first-order valence-corrected chi connectivity index (χ1v) is 7.38. The van der Waals surface area contributed by atoms with E-state index in [1.807, 2.05) is 0 Å². The van der Waals surface area contributed by atoms with Gasteiger partial charge in [-0.3, -0.25) is 14.3 Å². The molecule has 2 aliphatic rings. The maximum Gasteiger partial charge on any atom is 0.335 e. The van der Waals surface area contributed by atoms with Gasteiger partial charge in [0, 0.05) is 18.9 Å². The molecule has 1 aromatic rings. The van der Waals surface area contributed by atoms with Crippen LogP contribution in [0.15, 0.2) is 21.9 Å². The Morgan fingerprint density at radius 3 is 2.95 bits per heavy atom. The fraction of sp³-hybridized carbons (Fsp3) is 0.643. The minimum Gasteiger partial charge on any atom is -0.461 e. The van der Waals surface area contributed by atoms with E-state index in [1.165, 1.54) is 16.8 Å². The summed E-state index contributed by atoms with van der Waals surface area (Å²) in [5, 5.41) is 0. The summed E-state index contributed by atoms with van der Waals surface area (Å²) in [4.78, 5) is 36.7. The van der Waals surface area contributed by atoms with Crippen LogP contribution in [0.4, 0.5) is 0 Å². The first-order chi connectivity index (χ1) is 10.6. The highest BCUT2D eigenvalue weighted by atomic mass is 16.6. The van der Waals surface area contributed by atoms with E-state index < -0.39 is 23.6 Å². The molecule has 2 fully saturated rings. The van der Waals surface area contributed by atoms with Crippen molar-refractivity contribution in [2.24, 2.45) is 0 Å². The lowest BCUT2D eigenvalue weighted by molar-refractivity contribution is -0.158. The maximum absolute atomic E-state index is 11.7. The molecule has 0 saturated carbocycles. The maximum atomic E-state index is 11.7. The Morgan fingerprint density at radius 1 is 1.36 bits per heavy atom. The normalized spacial score (nSPS) is 27.9. The van der Waals surface area contributed by atoms with Crippen molar-refractivity contribution in [3.05, 3.63) is 33.1 Å². The zero-order chi connectivity index (χ0) is 15.5. The standard InChI is InChI=1S/C14H18N2O6/c17-11-5-6-16(14(19)15-11)12-4-3-9(22-12)8-21-13(18)10-2-1-7-20-10/h5-6,9-10,12H,1-4,7-8H2,(H,15,17,19). The number of H-pyrrole nitrogens is 1. The molecule has 8 nitrogen and oxygen atoms in total. The van der Waals surface area contributed by atoms with Gasteiger partial charge in [-0.1, -0.05) is 0 Å². The van der Waals surface area contributed by atoms with E-state index in [9.17, 15) is 14.4 Å². The summed E-state index contributed by atoms with van der Waals surface area (Å²) in [6.45, 7) is 0.740. The van der Waals surface area contributed by atoms with Crippen LogP contribution in [0.1, 0.15) is 31.9 Å². The molecule has 0 aliphatic carbocycles. The molecule has 3 atom stereocenters. The molecule has 22 heavy (non-hydrogen) atoms. The quantitative estimate of drug-likeness (QED) is 0.782. The molecule has 0 bridgehead atoms. The van der Waals surface area contributed by atoms with Crippen LogP contribution in [-0.4, -0.2) is 40.9 Å². The van der Waals surface area contributed by atoms with Gasteiger partial charge in [-0.15, -0.1) is 0 Å².